The van der Waals surface area contributed by atoms with Gasteiger partial charge in [0.1, 0.15) is 0 Å². The van der Waals surface area contributed by atoms with E-state index in [1.54, 1.807) is 0 Å². The van der Waals surface area contributed by atoms with Gasteiger partial charge >= 0.3 is 0 Å². The van der Waals surface area contributed by atoms with Gasteiger partial charge in [0.15, 0.2) is 11.5 Å². The number of aryl methyl sites for hydroxylation is 1. The molecule has 0 atom stereocenters. The number of aromatic nitrogens is 3. The van der Waals surface area contributed by atoms with Crippen molar-refractivity contribution in [3.05, 3.63) is 53.2 Å². The van der Waals surface area contributed by atoms with E-state index in [1.807, 2.05) is 53.8 Å². The van der Waals surface area contributed by atoms with Crippen LogP contribution in [0.3, 0.4) is 0 Å². The molecule has 0 radical (unpaired) electrons. The van der Waals surface area contributed by atoms with Crippen LogP contribution in [0, 0.1) is 6.92 Å². The number of hydrogen-bond donors (Lipinski definition) is 0. The van der Waals surface area contributed by atoms with Gasteiger partial charge in [0.05, 0.1) is 0 Å². The van der Waals surface area contributed by atoms with Crippen molar-refractivity contribution < 1.29 is 0 Å². The van der Waals surface area contributed by atoms with Crippen molar-refractivity contribution in [2.24, 2.45) is 0 Å². The number of nitrogens with zero attached hydrogens (tertiary/aromatic N) is 3. The lowest BCUT2D eigenvalue weighted by Gasteiger charge is -2.03. The molecule has 0 bridgehead atoms. The highest BCUT2D eigenvalue weighted by Crippen LogP contribution is 2.21. The van der Waals surface area contributed by atoms with Gasteiger partial charge in [-0.05, 0) is 43.3 Å². The standard InChI is InChI=1S/C13H10ClN3/c1-9-3-2-4-12-15-16-13(17(9)12)10-5-7-11(14)8-6-10/h2-8H,1H3. The van der Waals surface area contributed by atoms with Crippen molar-refractivity contribution in [1.29, 1.82) is 0 Å². The van der Waals surface area contributed by atoms with Gasteiger partial charge in [-0.15, -0.1) is 10.2 Å². The van der Waals surface area contributed by atoms with Crippen LogP contribution in [0.25, 0.3) is 17.0 Å². The first-order valence-corrected chi connectivity index (χ1v) is 5.70. The average Bonchev–Trinajstić information content (AvgIpc) is 2.75. The Labute approximate surface area is 104 Å². The lowest BCUT2D eigenvalue weighted by atomic mass is 10.2. The molecule has 0 saturated heterocycles. The molecule has 3 nitrogen and oxygen atoms in total. The molecule has 0 N–H and O–H groups in total. The van der Waals surface area contributed by atoms with Crippen molar-refractivity contribution in [3.63, 3.8) is 0 Å². The Morgan fingerprint density at radius 3 is 2.53 bits per heavy atom. The van der Waals surface area contributed by atoms with E-state index < -0.39 is 0 Å². The summed E-state index contributed by atoms with van der Waals surface area (Å²) in [5.74, 6) is 0.842. The molecule has 4 heteroatoms. The van der Waals surface area contributed by atoms with Gasteiger partial charge < -0.3 is 0 Å². The number of hydrogen-bond acceptors (Lipinski definition) is 2. The van der Waals surface area contributed by atoms with Gasteiger partial charge in [-0.3, -0.25) is 4.40 Å². The SMILES string of the molecule is Cc1cccc2nnc(-c3ccc(Cl)cc3)n12. The lowest BCUT2D eigenvalue weighted by molar-refractivity contribution is 1.08. The largest absolute Gasteiger partial charge is 0.280 e. The third-order valence-electron chi connectivity index (χ3n) is 2.73. The number of rotatable bonds is 1. The van der Waals surface area contributed by atoms with Gasteiger partial charge in [0.25, 0.3) is 0 Å². The molecular formula is C13H10ClN3. The molecule has 0 unspecified atom stereocenters. The van der Waals surface area contributed by atoms with E-state index in [0.717, 1.165) is 27.8 Å². The molecule has 0 spiro atoms. The maximum Gasteiger partial charge on any atom is 0.168 e. The molecule has 1 aromatic carbocycles. The van der Waals surface area contributed by atoms with Crippen molar-refractivity contribution >= 4 is 17.2 Å². The minimum absolute atomic E-state index is 0.722. The van der Waals surface area contributed by atoms with Crippen LogP contribution in [-0.2, 0) is 0 Å². The highest BCUT2D eigenvalue weighted by atomic mass is 35.5. The molecule has 0 fully saturated rings. The minimum Gasteiger partial charge on any atom is -0.280 e. The van der Waals surface area contributed by atoms with Crippen LogP contribution in [0.2, 0.25) is 5.02 Å². The third kappa shape index (κ3) is 1.68. The summed E-state index contributed by atoms with van der Waals surface area (Å²) in [6, 6.07) is 13.6. The number of halogens is 1. The first-order chi connectivity index (χ1) is 8.25. The third-order valence-corrected chi connectivity index (χ3v) is 2.98. The van der Waals surface area contributed by atoms with Crippen LogP contribution in [0.1, 0.15) is 5.69 Å². The first-order valence-electron chi connectivity index (χ1n) is 5.32. The number of fused-ring (bicyclic) bond motifs is 1. The topological polar surface area (TPSA) is 30.2 Å². The Hall–Kier alpha value is -1.87. The molecule has 3 rings (SSSR count). The van der Waals surface area contributed by atoms with Gasteiger partial charge in [0, 0.05) is 16.3 Å². The zero-order valence-electron chi connectivity index (χ0n) is 9.26. The summed E-state index contributed by atoms with van der Waals surface area (Å²) in [6.07, 6.45) is 0. The van der Waals surface area contributed by atoms with Gasteiger partial charge in [0.2, 0.25) is 0 Å². The predicted molar refractivity (Wildman–Crippen MR) is 68.2 cm³/mol. The molecule has 0 aliphatic carbocycles. The van der Waals surface area contributed by atoms with E-state index in [4.69, 9.17) is 11.6 Å². The predicted octanol–water partition coefficient (Wildman–Crippen LogP) is 3.36. The molecule has 0 saturated carbocycles. The summed E-state index contributed by atoms with van der Waals surface area (Å²) in [4.78, 5) is 0. The first kappa shape index (κ1) is 10.3. The van der Waals surface area contributed by atoms with Crippen LogP contribution in [0.4, 0.5) is 0 Å². The van der Waals surface area contributed by atoms with Crippen molar-refractivity contribution in [3.8, 4) is 11.4 Å². The Balaban J connectivity index is 2.27. The van der Waals surface area contributed by atoms with E-state index in [0.29, 0.717) is 0 Å². The molecule has 0 aliphatic heterocycles. The number of pyridine rings is 1. The van der Waals surface area contributed by atoms with E-state index in [2.05, 4.69) is 10.2 Å². The van der Waals surface area contributed by atoms with Crippen molar-refractivity contribution in [2.75, 3.05) is 0 Å². The lowest BCUT2D eigenvalue weighted by Crippen LogP contribution is -1.93. The highest BCUT2D eigenvalue weighted by Gasteiger charge is 2.08. The van der Waals surface area contributed by atoms with E-state index in [-0.39, 0.29) is 0 Å². The van der Waals surface area contributed by atoms with Crippen LogP contribution in [0.15, 0.2) is 42.5 Å². The van der Waals surface area contributed by atoms with E-state index in [9.17, 15) is 0 Å². The van der Waals surface area contributed by atoms with Gasteiger partial charge in [-0.1, -0.05) is 17.7 Å². The Bertz CT molecular complexity index is 671. The van der Waals surface area contributed by atoms with Crippen molar-refractivity contribution in [1.82, 2.24) is 14.6 Å². The summed E-state index contributed by atoms with van der Waals surface area (Å²) < 4.78 is 2.03. The highest BCUT2D eigenvalue weighted by molar-refractivity contribution is 6.30. The molecule has 3 aromatic rings. The van der Waals surface area contributed by atoms with Crippen LogP contribution in [-0.4, -0.2) is 14.6 Å². The number of benzene rings is 1. The second kappa shape index (κ2) is 3.86. The maximum absolute atomic E-state index is 5.88. The molecule has 2 heterocycles. The maximum atomic E-state index is 5.88. The minimum atomic E-state index is 0.722. The Kier molecular flexibility index (Phi) is 2.34. The quantitative estimate of drug-likeness (QED) is 0.656. The summed E-state index contributed by atoms with van der Waals surface area (Å²) in [7, 11) is 0. The average molecular weight is 244 g/mol. The second-order valence-electron chi connectivity index (χ2n) is 3.89. The Morgan fingerprint density at radius 1 is 1.00 bits per heavy atom. The normalized spacial score (nSPS) is 10.9. The van der Waals surface area contributed by atoms with E-state index >= 15 is 0 Å². The molecule has 84 valence electrons. The van der Waals surface area contributed by atoms with E-state index in [1.165, 1.54) is 0 Å². The van der Waals surface area contributed by atoms with Gasteiger partial charge in [-0.25, -0.2) is 0 Å². The molecule has 17 heavy (non-hydrogen) atoms. The molecule has 0 aliphatic rings. The zero-order chi connectivity index (χ0) is 11.8. The fourth-order valence-corrected chi connectivity index (χ4v) is 2.01. The zero-order valence-corrected chi connectivity index (χ0v) is 10.0. The fraction of sp³-hybridized carbons (Fsp3) is 0.0769. The Morgan fingerprint density at radius 2 is 1.76 bits per heavy atom. The monoisotopic (exact) mass is 243 g/mol. The molecule has 2 aromatic heterocycles. The summed E-state index contributed by atoms with van der Waals surface area (Å²) in [6.45, 7) is 2.04. The molecular weight excluding hydrogens is 234 g/mol. The summed E-state index contributed by atoms with van der Waals surface area (Å²) >= 11 is 5.88. The van der Waals surface area contributed by atoms with Crippen molar-refractivity contribution in [2.45, 2.75) is 6.92 Å². The molecule has 0 amide bonds. The van der Waals surface area contributed by atoms with Crippen LogP contribution in [0.5, 0.6) is 0 Å². The van der Waals surface area contributed by atoms with Gasteiger partial charge in [-0.2, -0.15) is 0 Å². The summed E-state index contributed by atoms with van der Waals surface area (Å²) in [5.41, 5.74) is 2.98. The smallest absolute Gasteiger partial charge is 0.168 e. The fourth-order valence-electron chi connectivity index (χ4n) is 1.89. The van der Waals surface area contributed by atoms with Crippen LogP contribution >= 0.6 is 11.6 Å². The van der Waals surface area contributed by atoms with Crippen LogP contribution < -0.4 is 0 Å². The summed E-state index contributed by atoms with van der Waals surface area (Å²) in [5, 5.41) is 9.11. The second-order valence-corrected chi connectivity index (χ2v) is 4.33.